The van der Waals surface area contributed by atoms with Gasteiger partial charge in [-0.3, -0.25) is 0 Å². The smallest absolute Gasteiger partial charge is 0.0312 e. The van der Waals surface area contributed by atoms with Gasteiger partial charge in [0, 0.05) is 18.6 Å². The van der Waals surface area contributed by atoms with Gasteiger partial charge in [-0.2, -0.15) is 0 Å². The van der Waals surface area contributed by atoms with Crippen LogP contribution in [0.1, 0.15) is 38.7 Å². The van der Waals surface area contributed by atoms with Crippen LogP contribution in [0, 0.1) is 11.8 Å². The van der Waals surface area contributed by atoms with Gasteiger partial charge in [0.1, 0.15) is 0 Å². The first-order chi connectivity index (χ1) is 8.63. The van der Waals surface area contributed by atoms with Gasteiger partial charge in [-0.15, -0.1) is 0 Å². The second-order valence-corrected chi connectivity index (χ2v) is 6.18. The molecule has 1 aliphatic carbocycles. The molecule has 1 saturated carbocycles. The van der Waals surface area contributed by atoms with Crippen LogP contribution in [-0.4, -0.2) is 12.1 Å². The molecular weight excluding hydrogens is 220 g/mol. The van der Waals surface area contributed by atoms with Crippen molar-refractivity contribution in [3.63, 3.8) is 0 Å². The summed E-state index contributed by atoms with van der Waals surface area (Å²) in [5, 5.41) is 3.74. The van der Waals surface area contributed by atoms with Gasteiger partial charge < -0.3 is 11.1 Å². The van der Waals surface area contributed by atoms with Gasteiger partial charge in [-0.05, 0) is 36.7 Å². The average molecular weight is 246 g/mol. The third-order valence-corrected chi connectivity index (χ3v) is 4.18. The fourth-order valence-electron chi connectivity index (χ4n) is 3.54. The number of rotatable bonds is 4. The summed E-state index contributed by atoms with van der Waals surface area (Å²) >= 11 is 0. The highest BCUT2D eigenvalue weighted by Gasteiger charge is 2.36. The quantitative estimate of drug-likeness (QED) is 0.857. The molecule has 2 atom stereocenters. The van der Waals surface area contributed by atoms with Crippen LogP contribution in [0.5, 0.6) is 0 Å². The molecule has 0 radical (unpaired) electrons. The van der Waals surface area contributed by atoms with Gasteiger partial charge in [0.05, 0.1) is 0 Å². The van der Waals surface area contributed by atoms with Crippen molar-refractivity contribution in [2.24, 2.45) is 17.6 Å². The molecule has 1 aromatic rings. The third-order valence-electron chi connectivity index (χ3n) is 4.18. The molecule has 2 rings (SSSR count). The summed E-state index contributed by atoms with van der Waals surface area (Å²) in [6, 6.07) is 10.6. The summed E-state index contributed by atoms with van der Waals surface area (Å²) < 4.78 is 0. The highest BCUT2D eigenvalue weighted by atomic mass is 15.0. The molecular formula is C16H26N2. The first-order valence-corrected chi connectivity index (χ1v) is 7.12. The lowest BCUT2D eigenvalue weighted by atomic mass is 9.71. The Morgan fingerprint density at radius 1 is 1.17 bits per heavy atom. The maximum absolute atomic E-state index is 6.06. The van der Waals surface area contributed by atoms with Crippen molar-refractivity contribution in [1.29, 1.82) is 0 Å². The molecule has 0 amide bonds. The van der Waals surface area contributed by atoms with Crippen molar-refractivity contribution >= 4 is 0 Å². The summed E-state index contributed by atoms with van der Waals surface area (Å²) in [4.78, 5) is 0. The molecule has 1 aromatic carbocycles. The van der Waals surface area contributed by atoms with E-state index in [0.29, 0.717) is 0 Å². The highest BCUT2D eigenvalue weighted by Crippen LogP contribution is 2.35. The number of benzene rings is 1. The van der Waals surface area contributed by atoms with E-state index in [9.17, 15) is 0 Å². The second-order valence-electron chi connectivity index (χ2n) is 6.18. The van der Waals surface area contributed by atoms with Crippen LogP contribution in [0.3, 0.4) is 0 Å². The summed E-state index contributed by atoms with van der Waals surface area (Å²) in [5.41, 5.74) is 7.55. The fraction of sp³-hybridized carbons (Fsp3) is 0.625. The number of hydrogen-bond donors (Lipinski definition) is 2. The molecule has 100 valence electrons. The molecule has 0 aliphatic heterocycles. The molecule has 0 bridgehead atoms. The Morgan fingerprint density at radius 2 is 1.78 bits per heavy atom. The topological polar surface area (TPSA) is 38.0 Å². The lowest BCUT2D eigenvalue weighted by Crippen LogP contribution is -2.54. The third kappa shape index (κ3) is 3.33. The summed E-state index contributed by atoms with van der Waals surface area (Å²) in [5.74, 6) is 1.56. The number of nitrogens with one attached hydrogen (secondary N) is 1. The molecule has 3 N–H and O–H groups in total. The lowest BCUT2D eigenvalue weighted by Gasteiger charge is -2.43. The van der Waals surface area contributed by atoms with Crippen molar-refractivity contribution < 1.29 is 0 Å². The Labute approximate surface area is 111 Å². The Morgan fingerprint density at radius 3 is 2.33 bits per heavy atom. The first kappa shape index (κ1) is 13.6. The lowest BCUT2D eigenvalue weighted by molar-refractivity contribution is 0.148. The Balaban J connectivity index is 2.00. The van der Waals surface area contributed by atoms with Gasteiger partial charge in [0.2, 0.25) is 0 Å². The molecule has 0 heterocycles. The van der Waals surface area contributed by atoms with Gasteiger partial charge in [-0.25, -0.2) is 0 Å². The Hall–Kier alpha value is -0.860. The van der Waals surface area contributed by atoms with Gasteiger partial charge in [-0.1, -0.05) is 44.2 Å². The van der Waals surface area contributed by atoms with Crippen LogP contribution in [0.2, 0.25) is 0 Å². The normalized spacial score (nSPS) is 32.4. The Bertz CT molecular complexity index is 351. The first-order valence-electron chi connectivity index (χ1n) is 7.12. The highest BCUT2D eigenvalue weighted by molar-refractivity contribution is 5.15. The summed E-state index contributed by atoms with van der Waals surface area (Å²) in [6.45, 7) is 6.38. The van der Waals surface area contributed by atoms with Crippen molar-refractivity contribution in [1.82, 2.24) is 5.32 Å². The van der Waals surface area contributed by atoms with Crippen molar-refractivity contribution in [2.75, 3.05) is 6.54 Å². The minimum Gasteiger partial charge on any atom is -0.329 e. The van der Waals surface area contributed by atoms with Crippen LogP contribution >= 0.6 is 0 Å². The van der Waals surface area contributed by atoms with E-state index in [4.69, 9.17) is 5.73 Å². The van der Waals surface area contributed by atoms with Crippen molar-refractivity contribution in [3.8, 4) is 0 Å². The fourth-order valence-corrected chi connectivity index (χ4v) is 3.54. The molecule has 0 spiro atoms. The molecule has 0 aromatic heterocycles. The number of nitrogens with two attached hydrogens (primary N) is 1. The SMILES string of the molecule is CC1CC(C)CC(CN)(NCc2ccccc2)C1. The van der Waals surface area contributed by atoms with Crippen LogP contribution in [0.15, 0.2) is 30.3 Å². The molecule has 1 aliphatic rings. The van der Waals surface area contributed by atoms with E-state index in [1.165, 1.54) is 24.8 Å². The zero-order valence-corrected chi connectivity index (χ0v) is 11.7. The zero-order valence-electron chi connectivity index (χ0n) is 11.7. The molecule has 18 heavy (non-hydrogen) atoms. The maximum Gasteiger partial charge on any atom is 0.0312 e. The molecule has 0 saturated heterocycles. The average Bonchev–Trinajstić information content (AvgIpc) is 2.37. The zero-order chi connectivity index (χ0) is 13.0. The van der Waals surface area contributed by atoms with Gasteiger partial charge in [0.15, 0.2) is 0 Å². The monoisotopic (exact) mass is 246 g/mol. The standard InChI is InChI=1S/C16H26N2/c1-13-8-14(2)10-16(9-13,12-17)18-11-15-6-4-3-5-7-15/h3-7,13-14,18H,8-12,17H2,1-2H3. The molecule has 2 nitrogen and oxygen atoms in total. The van der Waals surface area contributed by atoms with E-state index in [2.05, 4.69) is 49.5 Å². The predicted octanol–water partition coefficient (Wildman–Crippen LogP) is 2.93. The van der Waals surface area contributed by atoms with E-state index >= 15 is 0 Å². The van der Waals surface area contributed by atoms with E-state index in [0.717, 1.165) is 24.9 Å². The van der Waals surface area contributed by atoms with Crippen molar-refractivity contribution in [3.05, 3.63) is 35.9 Å². The molecule has 1 fully saturated rings. The summed E-state index contributed by atoms with van der Waals surface area (Å²) in [6.07, 6.45) is 3.76. The van der Waals surface area contributed by atoms with Gasteiger partial charge >= 0.3 is 0 Å². The predicted molar refractivity (Wildman–Crippen MR) is 77.2 cm³/mol. The van der Waals surface area contributed by atoms with Crippen molar-refractivity contribution in [2.45, 2.75) is 45.2 Å². The molecule has 2 heteroatoms. The van der Waals surface area contributed by atoms with E-state index in [1.54, 1.807) is 0 Å². The Kier molecular flexibility index (Phi) is 4.41. The van der Waals surface area contributed by atoms with Crippen LogP contribution in [-0.2, 0) is 6.54 Å². The van der Waals surface area contributed by atoms with Crippen LogP contribution < -0.4 is 11.1 Å². The van der Waals surface area contributed by atoms with Gasteiger partial charge in [0.25, 0.3) is 0 Å². The minimum absolute atomic E-state index is 0.146. The molecule has 2 unspecified atom stereocenters. The largest absolute Gasteiger partial charge is 0.329 e. The number of hydrogen-bond acceptors (Lipinski definition) is 2. The van der Waals surface area contributed by atoms with E-state index in [-0.39, 0.29) is 5.54 Å². The summed E-state index contributed by atoms with van der Waals surface area (Å²) in [7, 11) is 0. The van der Waals surface area contributed by atoms with E-state index < -0.39 is 0 Å². The van der Waals surface area contributed by atoms with Crippen LogP contribution in [0.4, 0.5) is 0 Å². The maximum atomic E-state index is 6.06. The second kappa shape index (κ2) is 5.85. The minimum atomic E-state index is 0.146. The van der Waals surface area contributed by atoms with E-state index in [1.807, 2.05) is 0 Å². The van der Waals surface area contributed by atoms with Crippen LogP contribution in [0.25, 0.3) is 0 Å².